The van der Waals surface area contributed by atoms with E-state index in [1.54, 1.807) is 0 Å². The molecule has 0 fully saturated rings. The molecule has 0 atom stereocenters. The van der Waals surface area contributed by atoms with Crippen LogP contribution < -0.4 is 10.6 Å². The molecule has 2 aromatic carbocycles. The fraction of sp³-hybridized carbons (Fsp3) is 0.176. The Morgan fingerprint density at radius 1 is 1.04 bits per heavy atom. The lowest BCUT2D eigenvalue weighted by molar-refractivity contribution is -0.0258. The molecule has 0 aromatic heterocycles. The molecular formula is C17H17Cl2N3O5S. The normalized spacial score (nSPS) is 11.4. The zero-order valence-electron chi connectivity index (χ0n) is 15.1. The number of amides is 2. The number of hydrogen-bond donors (Lipinski definition) is 2. The Kier molecular flexibility index (Phi) is 7.02. The molecule has 0 unspecified atom stereocenters. The number of hydroxylamine groups is 1. The second kappa shape index (κ2) is 8.89. The van der Waals surface area contributed by atoms with Gasteiger partial charge in [0.25, 0.3) is 21.8 Å². The van der Waals surface area contributed by atoms with Crippen LogP contribution in [-0.2, 0) is 14.9 Å². The third kappa shape index (κ3) is 4.62. The standard InChI is InChI=1S/C17H17Cl2N3O5S/c1-20-17(24)12-6-5-11(9-14(12)19)21-16(23)10-4-7-13(18)15(8-10)28(25,26)22(2)27-3/h4-9H,1-3H3,(H,20,24)(H,21,23). The maximum atomic E-state index is 12.5. The Morgan fingerprint density at radius 2 is 1.71 bits per heavy atom. The van der Waals surface area contributed by atoms with Gasteiger partial charge in [-0.3, -0.25) is 14.4 Å². The van der Waals surface area contributed by atoms with E-state index in [1.807, 2.05) is 0 Å². The summed E-state index contributed by atoms with van der Waals surface area (Å²) in [6.07, 6.45) is 0. The molecule has 2 rings (SSSR count). The first-order chi connectivity index (χ1) is 13.1. The van der Waals surface area contributed by atoms with Gasteiger partial charge in [-0.2, -0.15) is 0 Å². The molecule has 28 heavy (non-hydrogen) atoms. The lowest BCUT2D eigenvalue weighted by Gasteiger charge is -2.16. The number of sulfonamides is 1. The van der Waals surface area contributed by atoms with Crippen LogP contribution >= 0.6 is 23.2 Å². The van der Waals surface area contributed by atoms with Crippen molar-refractivity contribution < 1.29 is 22.8 Å². The van der Waals surface area contributed by atoms with Crippen molar-refractivity contribution in [1.82, 2.24) is 9.79 Å². The smallest absolute Gasteiger partial charge is 0.266 e. The summed E-state index contributed by atoms with van der Waals surface area (Å²) in [6, 6.07) is 8.19. The molecule has 150 valence electrons. The molecule has 8 nitrogen and oxygen atoms in total. The highest BCUT2D eigenvalue weighted by Crippen LogP contribution is 2.26. The second-order valence-electron chi connectivity index (χ2n) is 5.47. The minimum Gasteiger partial charge on any atom is -0.355 e. The minimum atomic E-state index is -4.04. The van der Waals surface area contributed by atoms with Crippen LogP contribution in [0.5, 0.6) is 0 Å². The molecule has 2 aromatic rings. The van der Waals surface area contributed by atoms with Crippen molar-refractivity contribution in [2.75, 3.05) is 26.5 Å². The van der Waals surface area contributed by atoms with Gasteiger partial charge in [0.2, 0.25) is 0 Å². The molecule has 0 bridgehead atoms. The first kappa shape index (κ1) is 22.1. The van der Waals surface area contributed by atoms with Gasteiger partial charge in [0.1, 0.15) is 4.90 Å². The molecule has 0 saturated carbocycles. The third-order valence-electron chi connectivity index (χ3n) is 3.77. The van der Waals surface area contributed by atoms with E-state index in [0.717, 1.165) is 6.07 Å². The topological polar surface area (TPSA) is 105 Å². The Bertz CT molecular complexity index is 1030. The Hall–Kier alpha value is -2.17. The van der Waals surface area contributed by atoms with E-state index < -0.39 is 15.9 Å². The Labute approximate surface area is 172 Å². The Balaban J connectivity index is 2.32. The first-order valence-electron chi connectivity index (χ1n) is 7.77. The summed E-state index contributed by atoms with van der Waals surface area (Å²) in [4.78, 5) is 28.6. The highest BCUT2D eigenvalue weighted by molar-refractivity contribution is 7.89. The summed E-state index contributed by atoms with van der Waals surface area (Å²) in [5.41, 5.74) is 0.639. The van der Waals surface area contributed by atoms with Gasteiger partial charge in [0.05, 0.1) is 22.7 Å². The van der Waals surface area contributed by atoms with Crippen molar-refractivity contribution in [3.8, 4) is 0 Å². The van der Waals surface area contributed by atoms with Gasteiger partial charge in [-0.1, -0.05) is 27.7 Å². The molecular weight excluding hydrogens is 429 g/mol. The van der Waals surface area contributed by atoms with Crippen molar-refractivity contribution >= 4 is 50.7 Å². The molecule has 0 radical (unpaired) electrons. The van der Waals surface area contributed by atoms with Crippen molar-refractivity contribution in [2.45, 2.75) is 4.90 Å². The predicted molar refractivity (Wildman–Crippen MR) is 106 cm³/mol. The molecule has 0 saturated heterocycles. The lowest BCUT2D eigenvalue weighted by Crippen LogP contribution is -2.26. The summed E-state index contributed by atoms with van der Waals surface area (Å²) in [7, 11) is -0.175. The Morgan fingerprint density at radius 3 is 2.29 bits per heavy atom. The summed E-state index contributed by atoms with van der Waals surface area (Å²) in [5.74, 6) is -0.949. The number of carbonyl (C=O) groups excluding carboxylic acids is 2. The molecule has 0 aliphatic heterocycles. The van der Waals surface area contributed by atoms with E-state index in [4.69, 9.17) is 28.0 Å². The summed E-state index contributed by atoms with van der Waals surface area (Å²) in [6.45, 7) is 0. The minimum absolute atomic E-state index is 0.0546. The zero-order chi connectivity index (χ0) is 21.1. The van der Waals surface area contributed by atoms with Crippen LogP contribution in [0.1, 0.15) is 20.7 Å². The van der Waals surface area contributed by atoms with Crippen LogP contribution in [0.4, 0.5) is 5.69 Å². The van der Waals surface area contributed by atoms with Crippen LogP contribution in [0.25, 0.3) is 0 Å². The SMILES string of the molecule is CNC(=O)c1ccc(NC(=O)c2ccc(Cl)c(S(=O)(=O)N(C)OC)c2)cc1Cl. The number of carbonyl (C=O) groups is 2. The number of rotatable bonds is 6. The maximum Gasteiger partial charge on any atom is 0.266 e. The van der Waals surface area contributed by atoms with E-state index in [-0.39, 0.29) is 32.0 Å². The van der Waals surface area contributed by atoms with Crippen LogP contribution in [0.3, 0.4) is 0 Å². The van der Waals surface area contributed by atoms with Crippen LogP contribution in [0, 0.1) is 0 Å². The number of benzene rings is 2. The molecule has 2 amide bonds. The van der Waals surface area contributed by atoms with E-state index in [2.05, 4.69) is 10.6 Å². The van der Waals surface area contributed by atoms with Gasteiger partial charge < -0.3 is 10.6 Å². The highest BCUT2D eigenvalue weighted by Gasteiger charge is 2.25. The third-order valence-corrected chi connectivity index (χ3v) is 6.24. The zero-order valence-corrected chi connectivity index (χ0v) is 17.4. The first-order valence-corrected chi connectivity index (χ1v) is 9.97. The fourth-order valence-corrected chi connectivity index (χ4v) is 3.93. The molecule has 2 N–H and O–H groups in total. The highest BCUT2D eigenvalue weighted by atomic mass is 35.5. The van der Waals surface area contributed by atoms with Crippen molar-refractivity contribution in [1.29, 1.82) is 0 Å². The maximum absolute atomic E-state index is 12.5. The lowest BCUT2D eigenvalue weighted by atomic mass is 10.1. The average Bonchev–Trinajstić information content (AvgIpc) is 2.66. The average molecular weight is 446 g/mol. The van der Waals surface area contributed by atoms with Gasteiger partial charge >= 0.3 is 0 Å². The summed E-state index contributed by atoms with van der Waals surface area (Å²) >= 11 is 12.0. The fourth-order valence-electron chi connectivity index (χ4n) is 2.19. The van der Waals surface area contributed by atoms with Gasteiger partial charge in [0, 0.05) is 25.3 Å². The van der Waals surface area contributed by atoms with E-state index >= 15 is 0 Å². The van der Waals surface area contributed by atoms with Gasteiger partial charge in [-0.05, 0) is 36.4 Å². The van der Waals surface area contributed by atoms with Gasteiger partial charge in [0.15, 0.2) is 0 Å². The van der Waals surface area contributed by atoms with E-state index in [9.17, 15) is 18.0 Å². The van der Waals surface area contributed by atoms with Crippen LogP contribution in [0.15, 0.2) is 41.3 Å². The number of hydrogen-bond acceptors (Lipinski definition) is 5. The van der Waals surface area contributed by atoms with Gasteiger partial charge in [-0.15, -0.1) is 0 Å². The number of nitrogens with one attached hydrogen (secondary N) is 2. The number of anilines is 1. The number of nitrogens with zero attached hydrogens (tertiary/aromatic N) is 1. The monoisotopic (exact) mass is 445 g/mol. The quantitative estimate of drug-likeness (QED) is 0.664. The second-order valence-corrected chi connectivity index (χ2v) is 8.19. The summed E-state index contributed by atoms with van der Waals surface area (Å²) in [5, 5.41) is 5.13. The van der Waals surface area contributed by atoms with E-state index in [1.165, 1.54) is 51.5 Å². The largest absolute Gasteiger partial charge is 0.355 e. The molecule has 0 spiro atoms. The molecule has 0 aliphatic rings. The molecule has 11 heteroatoms. The van der Waals surface area contributed by atoms with Crippen molar-refractivity contribution in [3.63, 3.8) is 0 Å². The van der Waals surface area contributed by atoms with Gasteiger partial charge in [-0.25, -0.2) is 8.42 Å². The van der Waals surface area contributed by atoms with E-state index in [0.29, 0.717) is 10.2 Å². The molecule has 0 aliphatic carbocycles. The van der Waals surface area contributed by atoms with Crippen LogP contribution in [-0.4, -0.2) is 45.9 Å². The predicted octanol–water partition coefficient (Wildman–Crippen LogP) is 2.79. The van der Waals surface area contributed by atoms with Crippen molar-refractivity contribution in [2.24, 2.45) is 0 Å². The summed E-state index contributed by atoms with van der Waals surface area (Å²) < 4.78 is 25.5. The number of halogens is 2. The van der Waals surface area contributed by atoms with Crippen molar-refractivity contribution in [3.05, 3.63) is 57.6 Å². The molecule has 0 heterocycles. The van der Waals surface area contributed by atoms with Crippen LogP contribution in [0.2, 0.25) is 10.0 Å².